The minimum atomic E-state index is -3.04. The number of halogens is 2. The summed E-state index contributed by atoms with van der Waals surface area (Å²) in [6, 6.07) is 2.79. The van der Waals surface area contributed by atoms with Gasteiger partial charge in [-0.2, -0.15) is 0 Å². The molecule has 0 aliphatic carbocycles. The van der Waals surface area contributed by atoms with Crippen LogP contribution in [0.4, 0.5) is 8.78 Å². The van der Waals surface area contributed by atoms with Gasteiger partial charge in [0.15, 0.2) is 0 Å². The highest BCUT2D eigenvalue weighted by molar-refractivity contribution is 6.86. The van der Waals surface area contributed by atoms with Crippen LogP contribution >= 0.6 is 0 Å². The van der Waals surface area contributed by atoms with E-state index in [1.54, 1.807) is 11.8 Å². The van der Waals surface area contributed by atoms with E-state index in [1.165, 1.54) is 6.20 Å². The first-order valence-corrected chi connectivity index (χ1v) is 6.99. The second kappa shape index (κ2) is 6.35. The van der Waals surface area contributed by atoms with Gasteiger partial charge in [0.2, 0.25) is 13.2 Å². The summed E-state index contributed by atoms with van der Waals surface area (Å²) in [5.41, 5.74) is 1.86. The molecule has 1 radical (unpaired) electrons. The Morgan fingerprint density at radius 1 is 1.55 bits per heavy atom. The Bertz CT molecular complexity index is 635. The fourth-order valence-electron chi connectivity index (χ4n) is 2.30. The molecular formula is C15H17BF2N3O. The molecule has 0 saturated carbocycles. The number of nitrogens with zero attached hydrogens (tertiary/aromatic N) is 2. The zero-order valence-corrected chi connectivity index (χ0v) is 12.8. The smallest absolute Gasteiger partial charge is 0.274 e. The third-order valence-corrected chi connectivity index (χ3v) is 3.53. The first-order chi connectivity index (χ1) is 10.3. The number of rotatable bonds is 3. The topological polar surface area (TPSA) is 44.7 Å². The number of nitrogens with one attached hydrogen (secondary N) is 1. The molecule has 0 aromatic rings. The second-order valence-electron chi connectivity index (χ2n) is 5.37. The van der Waals surface area contributed by atoms with E-state index in [2.05, 4.69) is 22.3 Å². The van der Waals surface area contributed by atoms with Crippen molar-refractivity contribution in [1.82, 2.24) is 10.2 Å². The van der Waals surface area contributed by atoms with Gasteiger partial charge in [-0.15, -0.1) is 0 Å². The lowest BCUT2D eigenvalue weighted by Gasteiger charge is -2.29. The van der Waals surface area contributed by atoms with E-state index in [4.69, 9.17) is 0 Å². The van der Waals surface area contributed by atoms with Gasteiger partial charge in [-0.3, -0.25) is 9.79 Å². The molecule has 22 heavy (non-hydrogen) atoms. The van der Waals surface area contributed by atoms with E-state index >= 15 is 0 Å². The molecule has 0 aromatic heterocycles. The van der Waals surface area contributed by atoms with Crippen molar-refractivity contribution in [2.75, 3.05) is 13.1 Å². The van der Waals surface area contributed by atoms with Crippen LogP contribution in [0.2, 0.25) is 0 Å². The third-order valence-electron chi connectivity index (χ3n) is 3.53. The molecule has 1 amide bonds. The van der Waals surface area contributed by atoms with Crippen LogP contribution in [-0.2, 0) is 4.79 Å². The van der Waals surface area contributed by atoms with Crippen LogP contribution in [-0.4, -0.2) is 42.7 Å². The number of alkyl halides is 2. The largest absolute Gasteiger partial charge is 0.335 e. The molecule has 0 atom stereocenters. The van der Waals surface area contributed by atoms with E-state index in [0.717, 1.165) is 25.5 Å². The predicted molar refractivity (Wildman–Crippen MR) is 82.4 cm³/mol. The van der Waals surface area contributed by atoms with Gasteiger partial charge in [-0.25, -0.2) is 8.78 Å². The Morgan fingerprint density at radius 3 is 2.82 bits per heavy atom. The van der Waals surface area contributed by atoms with E-state index in [1.807, 2.05) is 6.92 Å². The standard InChI is InChI=1S/C15H17BF2N3O/c1-4-6-19-12-5-7-21(9-10(12)2)13(22)11-8-20-14(16-11)15(3,17)18/h8,19H,5,7,9H2,1-3H3. The number of hydrogen-bond acceptors (Lipinski definition) is 3. The van der Waals surface area contributed by atoms with Crippen LogP contribution in [0.5, 0.6) is 0 Å². The Hall–Kier alpha value is -2.10. The summed E-state index contributed by atoms with van der Waals surface area (Å²) < 4.78 is 26.4. The first kappa shape index (κ1) is 16.3. The molecule has 2 aliphatic heterocycles. The van der Waals surface area contributed by atoms with Crippen molar-refractivity contribution in [3.63, 3.8) is 0 Å². The Morgan fingerprint density at radius 2 is 2.27 bits per heavy atom. The van der Waals surface area contributed by atoms with Gasteiger partial charge in [0, 0.05) is 55.5 Å². The second-order valence-corrected chi connectivity index (χ2v) is 5.37. The molecular weight excluding hydrogens is 287 g/mol. The maximum absolute atomic E-state index is 13.2. The highest BCUT2D eigenvalue weighted by Gasteiger charge is 2.35. The zero-order chi connectivity index (χ0) is 16.3. The fourth-order valence-corrected chi connectivity index (χ4v) is 2.30. The maximum atomic E-state index is 13.2. The molecule has 0 fully saturated rings. The minimum absolute atomic E-state index is 0.203. The van der Waals surface area contributed by atoms with Gasteiger partial charge in [-0.05, 0) is 19.4 Å². The molecule has 0 bridgehead atoms. The quantitative estimate of drug-likeness (QED) is 0.490. The number of carbonyl (C=O) groups is 1. The average Bonchev–Trinajstić information content (AvgIpc) is 2.95. The number of amides is 1. The first-order valence-electron chi connectivity index (χ1n) is 6.99. The van der Waals surface area contributed by atoms with Crippen LogP contribution in [0, 0.1) is 12.0 Å². The third kappa shape index (κ3) is 3.56. The van der Waals surface area contributed by atoms with Crippen molar-refractivity contribution in [3.8, 4) is 12.0 Å². The molecule has 2 heterocycles. The summed E-state index contributed by atoms with van der Waals surface area (Å²) >= 11 is 0. The van der Waals surface area contributed by atoms with Crippen molar-refractivity contribution in [2.24, 2.45) is 4.99 Å². The van der Waals surface area contributed by atoms with Gasteiger partial charge < -0.3 is 10.2 Å². The summed E-state index contributed by atoms with van der Waals surface area (Å²) in [5.74, 6) is -0.553. The highest BCUT2D eigenvalue weighted by atomic mass is 19.3. The van der Waals surface area contributed by atoms with Gasteiger partial charge in [-0.1, -0.05) is 5.92 Å². The summed E-state index contributed by atoms with van der Waals surface area (Å²) in [4.78, 5) is 17.6. The molecule has 115 valence electrons. The maximum Gasteiger partial charge on any atom is 0.274 e. The van der Waals surface area contributed by atoms with Crippen molar-refractivity contribution >= 4 is 18.8 Å². The zero-order valence-electron chi connectivity index (χ0n) is 12.8. The Kier molecular flexibility index (Phi) is 4.70. The minimum Gasteiger partial charge on any atom is -0.335 e. The fraction of sp³-hybridized carbons (Fsp3) is 0.467. The summed E-state index contributed by atoms with van der Waals surface area (Å²) in [6.07, 6.45) is 1.88. The lowest BCUT2D eigenvalue weighted by molar-refractivity contribution is -0.126. The molecule has 2 rings (SSSR count). The molecule has 0 saturated heterocycles. The highest BCUT2D eigenvalue weighted by Crippen LogP contribution is 2.22. The van der Waals surface area contributed by atoms with Crippen LogP contribution in [0.15, 0.2) is 27.9 Å². The summed E-state index contributed by atoms with van der Waals surface area (Å²) in [6.45, 7) is 5.41. The van der Waals surface area contributed by atoms with Gasteiger partial charge in [0.25, 0.3) is 5.92 Å². The van der Waals surface area contributed by atoms with E-state index < -0.39 is 5.92 Å². The van der Waals surface area contributed by atoms with Crippen molar-refractivity contribution in [3.05, 3.63) is 22.9 Å². The lowest BCUT2D eigenvalue weighted by Crippen LogP contribution is -2.41. The van der Waals surface area contributed by atoms with E-state index in [9.17, 15) is 13.6 Å². The SMILES string of the molecule is CC#CNC1=C(C)CN(C(=O)C2=CN=C(C(C)(F)F)[B]2)CC1. The van der Waals surface area contributed by atoms with Gasteiger partial charge in [0.1, 0.15) is 0 Å². The lowest BCUT2D eigenvalue weighted by atomic mass is 9.64. The Balaban J connectivity index is 1.99. The van der Waals surface area contributed by atoms with Crippen molar-refractivity contribution in [1.29, 1.82) is 0 Å². The predicted octanol–water partition coefficient (Wildman–Crippen LogP) is 1.68. The normalized spacial score (nSPS) is 18.1. The molecule has 4 nitrogen and oxygen atoms in total. The molecule has 0 aromatic carbocycles. The van der Waals surface area contributed by atoms with Crippen LogP contribution in [0.3, 0.4) is 0 Å². The van der Waals surface area contributed by atoms with E-state index in [0.29, 0.717) is 19.5 Å². The van der Waals surface area contributed by atoms with Crippen LogP contribution < -0.4 is 5.32 Å². The van der Waals surface area contributed by atoms with E-state index in [-0.39, 0.29) is 17.0 Å². The number of hydrogen-bond donors (Lipinski definition) is 1. The number of carbonyl (C=O) groups excluding carboxylic acids is 1. The van der Waals surface area contributed by atoms with Crippen LogP contribution in [0.1, 0.15) is 27.2 Å². The van der Waals surface area contributed by atoms with Crippen molar-refractivity contribution in [2.45, 2.75) is 33.1 Å². The summed E-state index contributed by atoms with van der Waals surface area (Å²) in [7, 11) is 1.16. The molecule has 0 unspecified atom stereocenters. The van der Waals surface area contributed by atoms with Gasteiger partial charge in [0.05, 0.1) is 0 Å². The summed E-state index contributed by atoms with van der Waals surface area (Å²) in [5, 5.41) is 3.01. The van der Waals surface area contributed by atoms with Crippen LogP contribution in [0.25, 0.3) is 0 Å². The molecule has 0 spiro atoms. The molecule has 7 heteroatoms. The number of aliphatic imine (C=N–C) groups is 1. The average molecular weight is 304 g/mol. The molecule has 1 N–H and O–H groups in total. The molecule has 2 aliphatic rings. The monoisotopic (exact) mass is 304 g/mol. The van der Waals surface area contributed by atoms with Gasteiger partial charge >= 0.3 is 0 Å². The Labute approximate surface area is 129 Å². The van der Waals surface area contributed by atoms with Crippen molar-refractivity contribution < 1.29 is 13.6 Å².